The van der Waals surface area contributed by atoms with Gasteiger partial charge in [-0.05, 0) is 6.42 Å². The summed E-state index contributed by atoms with van der Waals surface area (Å²) >= 11 is 0. The van der Waals surface area contributed by atoms with Crippen LogP contribution in [-0.2, 0) is 14.3 Å². The summed E-state index contributed by atoms with van der Waals surface area (Å²) in [6.07, 6.45) is 11.6. The normalized spacial score (nSPS) is 9.60. The first kappa shape index (κ1) is 21.4. The number of ketones is 1. The standard InChI is InChI=1S/C15H28O3.C2H6/c1-3-4-5-6-7-8-9-10-11-12-14(16)13-15(17)18-2;1-2/h3-13H2,1-2H3;1-2H3. The van der Waals surface area contributed by atoms with Crippen molar-refractivity contribution in [3.63, 3.8) is 0 Å². The topological polar surface area (TPSA) is 43.4 Å². The molecular formula is C17H34O3. The zero-order valence-electron chi connectivity index (χ0n) is 14.0. The van der Waals surface area contributed by atoms with Crippen LogP contribution in [0, 0.1) is 0 Å². The minimum atomic E-state index is -0.420. The minimum Gasteiger partial charge on any atom is -0.469 e. The van der Waals surface area contributed by atoms with Gasteiger partial charge in [0.1, 0.15) is 12.2 Å². The first-order valence-corrected chi connectivity index (χ1v) is 8.29. The van der Waals surface area contributed by atoms with Crippen LogP contribution in [0.2, 0.25) is 0 Å². The van der Waals surface area contributed by atoms with E-state index in [-0.39, 0.29) is 12.2 Å². The molecule has 0 aromatic carbocycles. The molecule has 0 saturated heterocycles. The molecule has 0 N–H and O–H groups in total. The summed E-state index contributed by atoms with van der Waals surface area (Å²) in [7, 11) is 1.31. The maximum absolute atomic E-state index is 11.3. The molecule has 0 atom stereocenters. The Labute approximate surface area is 125 Å². The molecule has 0 saturated carbocycles. The molecule has 3 nitrogen and oxygen atoms in total. The van der Waals surface area contributed by atoms with E-state index < -0.39 is 5.97 Å². The van der Waals surface area contributed by atoms with Crippen LogP contribution in [0.3, 0.4) is 0 Å². The molecule has 0 fully saturated rings. The highest BCUT2D eigenvalue weighted by molar-refractivity contribution is 5.95. The predicted octanol–water partition coefficient (Wildman–Crippen LogP) is 5.07. The highest BCUT2D eigenvalue weighted by Gasteiger charge is 2.08. The molecule has 0 unspecified atom stereocenters. The number of esters is 1. The number of hydrogen-bond acceptors (Lipinski definition) is 3. The second-order valence-electron chi connectivity index (χ2n) is 4.87. The van der Waals surface area contributed by atoms with Gasteiger partial charge in [-0.15, -0.1) is 0 Å². The molecule has 0 heterocycles. The van der Waals surface area contributed by atoms with Gasteiger partial charge in [-0.25, -0.2) is 0 Å². The van der Waals surface area contributed by atoms with Crippen LogP contribution in [0.15, 0.2) is 0 Å². The molecule has 0 aliphatic rings. The first-order chi connectivity index (χ1) is 9.70. The average Bonchev–Trinajstić information content (AvgIpc) is 2.47. The lowest BCUT2D eigenvalue weighted by Crippen LogP contribution is -2.08. The summed E-state index contributed by atoms with van der Waals surface area (Å²) in [6, 6.07) is 0. The van der Waals surface area contributed by atoms with E-state index in [1.165, 1.54) is 52.1 Å². The lowest BCUT2D eigenvalue weighted by Gasteiger charge is -2.02. The number of hydrogen-bond donors (Lipinski definition) is 0. The van der Waals surface area contributed by atoms with Crippen molar-refractivity contribution in [3.05, 3.63) is 0 Å². The maximum Gasteiger partial charge on any atom is 0.313 e. The van der Waals surface area contributed by atoms with Crippen molar-refractivity contribution in [3.8, 4) is 0 Å². The molecule has 0 amide bonds. The highest BCUT2D eigenvalue weighted by atomic mass is 16.5. The molecule has 20 heavy (non-hydrogen) atoms. The van der Waals surface area contributed by atoms with Gasteiger partial charge in [0.2, 0.25) is 0 Å². The van der Waals surface area contributed by atoms with Gasteiger partial charge in [-0.1, -0.05) is 72.1 Å². The summed E-state index contributed by atoms with van der Waals surface area (Å²) in [5, 5.41) is 0. The highest BCUT2D eigenvalue weighted by Crippen LogP contribution is 2.11. The number of methoxy groups -OCH3 is 1. The Morgan fingerprint density at radius 3 is 1.70 bits per heavy atom. The van der Waals surface area contributed by atoms with Gasteiger partial charge in [0.25, 0.3) is 0 Å². The smallest absolute Gasteiger partial charge is 0.313 e. The second-order valence-corrected chi connectivity index (χ2v) is 4.87. The fraction of sp³-hybridized carbons (Fsp3) is 0.882. The number of unbranched alkanes of at least 4 members (excludes halogenated alkanes) is 8. The number of carbonyl (C=O) groups is 2. The molecule has 0 bridgehead atoms. The van der Waals surface area contributed by atoms with E-state index in [0.29, 0.717) is 6.42 Å². The Balaban J connectivity index is 0. The zero-order valence-corrected chi connectivity index (χ0v) is 14.0. The van der Waals surface area contributed by atoms with Gasteiger partial charge in [-0.2, -0.15) is 0 Å². The number of carbonyl (C=O) groups excluding carboxylic acids is 2. The SMILES string of the molecule is CC.CCCCCCCCCCCC(=O)CC(=O)OC. The third-order valence-corrected chi connectivity index (χ3v) is 3.13. The lowest BCUT2D eigenvalue weighted by molar-refractivity contribution is -0.143. The zero-order chi connectivity index (χ0) is 15.6. The maximum atomic E-state index is 11.3. The molecule has 0 aromatic heterocycles. The van der Waals surface area contributed by atoms with E-state index in [0.717, 1.165) is 12.8 Å². The Hall–Kier alpha value is -0.860. The largest absolute Gasteiger partial charge is 0.469 e. The minimum absolute atomic E-state index is 0.00444. The third kappa shape index (κ3) is 17.1. The molecule has 0 rings (SSSR count). The van der Waals surface area contributed by atoms with Crippen LogP contribution < -0.4 is 0 Å². The van der Waals surface area contributed by atoms with Crippen molar-refractivity contribution in [2.45, 2.75) is 91.4 Å². The molecule has 0 aliphatic carbocycles. The number of ether oxygens (including phenoxy) is 1. The van der Waals surface area contributed by atoms with Gasteiger partial charge < -0.3 is 4.74 Å². The molecule has 0 aromatic rings. The van der Waals surface area contributed by atoms with Gasteiger partial charge in [0.15, 0.2) is 0 Å². The fourth-order valence-electron chi connectivity index (χ4n) is 1.95. The number of rotatable bonds is 12. The average molecular weight is 286 g/mol. The van der Waals surface area contributed by atoms with E-state index in [9.17, 15) is 9.59 Å². The van der Waals surface area contributed by atoms with Crippen LogP contribution >= 0.6 is 0 Å². The van der Waals surface area contributed by atoms with Crippen LogP contribution in [0.4, 0.5) is 0 Å². The van der Waals surface area contributed by atoms with Crippen LogP contribution in [0.5, 0.6) is 0 Å². The summed E-state index contributed by atoms with van der Waals surface area (Å²) < 4.78 is 4.45. The van der Waals surface area contributed by atoms with E-state index in [1.54, 1.807) is 0 Å². The summed E-state index contributed by atoms with van der Waals surface area (Å²) in [4.78, 5) is 22.2. The Kier molecular flexibility index (Phi) is 19.4. The summed E-state index contributed by atoms with van der Waals surface area (Å²) in [5.41, 5.74) is 0. The quantitative estimate of drug-likeness (QED) is 0.286. The van der Waals surface area contributed by atoms with E-state index in [2.05, 4.69) is 11.7 Å². The fourth-order valence-corrected chi connectivity index (χ4v) is 1.95. The summed E-state index contributed by atoms with van der Waals surface area (Å²) in [6.45, 7) is 6.23. The van der Waals surface area contributed by atoms with Crippen molar-refractivity contribution < 1.29 is 14.3 Å². The lowest BCUT2D eigenvalue weighted by atomic mass is 10.0. The third-order valence-electron chi connectivity index (χ3n) is 3.13. The molecule has 0 aliphatic heterocycles. The molecule has 120 valence electrons. The molecule has 3 heteroatoms. The van der Waals surface area contributed by atoms with Crippen molar-refractivity contribution >= 4 is 11.8 Å². The van der Waals surface area contributed by atoms with E-state index in [4.69, 9.17) is 0 Å². The summed E-state index contributed by atoms with van der Waals surface area (Å²) in [5.74, 6) is -0.416. The van der Waals surface area contributed by atoms with Gasteiger partial charge in [-0.3, -0.25) is 9.59 Å². The van der Waals surface area contributed by atoms with E-state index >= 15 is 0 Å². The van der Waals surface area contributed by atoms with Gasteiger partial charge in [0.05, 0.1) is 7.11 Å². The first-order valence-electron chi connectivity index (χ1n) is 8.29. The van der Waals surface area contributed by atoms with Crippen molar-refractivity contribution in [2.24, 2.45) is 0 Å². The molecule has 0 spiro atoms. The molecular weight excluding hydrogens is 252 g/mol. The van der Waals surface area contributed by atoms with Crippen LogP contribution in [0.25, 0.3) is 0 Å². The molecule has 0 radical (unpaired) electrons. The van der Waals surface area contributed by atoms with Gasteiger partial charge >= 0.3 is 5.97 Å². The Bertz CT molecular complexity index is 224. The van der Waals surface area contributed by atoms with Crippen molar-refractivity contribution in [2.75, 3.05) is 7.11 Å². The number of Topliss-reactive ketones (excluding diaryl/α,β-unsaturated/α-hetero) is 1. The predicted molar refractivity (Wildman–Crippen MR) is 84.8 cm³/mol. The van der Waals surface area contributed by atoms with Gasteiger partial charge in [0, 0.05) is 6.42 Å². The van der Waals surface area contributed by atoms with Crippen LogP contribution in [0.1, 0.15) is 91.4 Å². The Morgan fingerprint density at radius 1 is 0.800 bits per heavy atom. The Morgan fingerprint density at radius 2 is 1.25 bits per heavy atom. The second kappa shape index (κ2) is 18.1. The van der Waals surface area contributed by atoms with E-state index in [1.807, 2.05) is 13.8 Å². The van der Waals surface area contributed by atoms with Crippen molar-refractivity contribution in [1.82, 2.24) is 0 Å². The van der Waals surface area contributed by atoms with Crippen molar-refractivity contribution in [1.29, 1.82) is 0 Å². The monoisotopic (exact) mass is 286 g/mol. The van der Waals surface area contributed by atoms with Crippen LogP contribution in [-0.4, -0.2) is 18.9 Å².